The SMILES string of the molecule is O=P([O-])(O)OCCO. The molecule has 0 rings (SSSR count). The second kappa shape index (κ2) is 3.17. The summed E-state index contributed by atoms with van der Waals surface area (Å²) in [6.07, 6.45) is 0. The van der Waals surface area contributed by atoms with Crippen LogP contribution in [0.25, 0.3) is 0 Å². The molecule has 0 aromatic heterocycles. The largest absolute Gasteiger partial charge is 0.756 e. The second-order valence-electron chi connectivity index (χ2n) is 1.03. The van der Waals surface area contributed by atoms with Crippen molar-refractivity contribution in [3.8, 4) is 0 Å². The molecular formula is C2H6O5P-. The minimum Gasteiger partial charge on any atom is -0.756 e. The normalized spacial score (nSPS) is 17.9. The van der Waals surface area contributed by atoms with Crippen molar-refractivity contribution in [3.63, 3.8) is 0 Å². The Morgan fingerprint density at radius 1 is 1.75 bits per heavy atom. The maximum atomic E-state index is 9.64. The Morgan fingerprint density at radius 3 is 2.38 bits per heavy atom. The summed E-state index contributed by atoms with van der Waals surface area (Å²) in [5.74, 6) is 0. The van der Waals surface area contributed by atoms with Crippen LogP contribution in [0.15, 0.2) is 0 Å². The van der Waals surface area contributed by atoms with Gasteiger partial charge < -0.3 is 19.4 Å². The lowest BCUT2D eigenvalue weighted by atomic mass is 10.8. The first-order chi connectivity index (χ1) is 3.56. The highest BCUT2D eigenvalue weighted by molar-refractivity contribution is 7.44. The molecule has 5 nitrogen and oxygen atoms in total. The van der Waals surface area contributed by atoms with Gasteiger partial charge in [0.25, 0.3) is 7.82 Å². The molecule has 0 amide bonds. The lowest BCUT2D eigenvalue weighted by Gasteiger charge is -2.13. The molecule has 0 aromatic carbocycles. The molecule has 0 spiro atoms. The summed E-state index contributed by atoms with van der Waals surface area (Å²) in [6.45, 7) is -0.815. The zero-order valence-electron chi connectivity index (χ0n) is 3.98. The molecule has 2 N–H and O–H groups in total. The van der Waals surface area contributed by atoms with Crippen LogP contribution in [0.3, 0.4) is 0 Å². The number of hydrogen-bond donors (Lipinski definition) is 2. The third-order valence-corrected chi connectivity index (χ3v) is 0.855. The van der Waals surface area contributed by atoms with Crippen LogP contribution in [0.2, 0.25) is 0 Å². The average Bonchev–Trinajstić information content (AvgIpc) is 1.59. The highest BCUT2D eigenvalue weighted by Crippen LogP contribution is 2.29. The van der Waals surface area contributed by atoms with E-state index < -0.39 is 21.0 Å². The Bertz CT molecular complexity index is 94.6. The Labute approximate surface area is 46.2 Å². The number of aliphatic hydroxyl groups excluding tert-OH is 1. The molecule has 8 heavy (non-hydrogen) atoms. The molecule has 0 saturated carbocycles. The lowest BCUT2D eigenvalue weighted by molar-refractivity contribution is -0.220. The van der Waals surface area contributed by atoms with Crippen molar-refractivity contribution in [2.75, 3.05) is 13.2 Å². The topological polar surface area (TPSA) is 89.8 Å². The van der Waals surface area contributed by atoms with Crippen LogP contribution in [-0.4, -0.2) is 23.2 Å². The van der Waals surface area contributed by atoms with Gasteiger partial charge in [0.2, 0.25) is 0 Å². The Hall–Kier alpha value is 0.0700. The third kappa shape index (κ3) is 6.07. The van der Waals surface area contributed by atoms with Gasteiger partial charge in [-0.2, -0.15) is 0 Å². The zero-order chi connectivity index (χ0) is 6.62. The van der Waals surface area contributed by atoms with Crippen LogP contribution in [0.5, 0.6) is 0 Å². The molecule has 0 saturated heterocycles. The Kier molecular flexibility index (Phi) is 3.19. The fourth-order valence-electron chi connectivity index (χ4n) is 0.156. The van der Waals surface area contributed by atoms with Crippen LogP contribution in [0, 0.1) is 0 Å². The van der Waals surface area contributed by atoms with Crippen LogP contribution in [0.4, 0.5) is 0 Å². The van der Waals surface area contributed by atoms with Crippen LogP contribution in [-0.2, 0) is 9.09 Å². The Morgan fingerprint density at radius 2 is 2.25 bits per heavy atom. The first-order valence-electron chi connectivity index (χ1n) is 1.85. The van der Waals surface area contributed by atoms with E-state index in [0.29, 0.717) is 0 Å². The van der Waals surface area contributed by atoms with E-state index in [4.69, 9.17) is 10.00 Å². The molecule has 0 radical (unpaired) electrons. The molecule has 1 atom stereocenters. The molecule has 50 valence electrons. The van der Waals surface area contributed by atoms with Gasteiger partial charge in [-0.25, -0.2) is 0 Å². The molecule has 0 aliphatic heterocycles. The molecular weight excluding hydrogens is 135 g/mol. The monoisotopic (exact) mass is 141 g/mol. The zero-order valence-corrected chi connectivity index (χ0v) is 4.88. The summed E-state index contributed by atoms with van der Waals surface area (Å²) in [7, 11) is -4.59. The van der Waals surface area contributed by atoms with Gasteiger partial charge in [-0.1, -0.05) is 0 Å². The smallest absolute Gasteiger partial charge is 0.265 e. The van der Waals surface area contributed by atoms with Crippen molar-refractivity contribution in [3.05, 3.63) is 0 Å². The number of aliphatic hydroxyl groups is 1. The first-order valence-corrected chi connectivity index (χ1v) is 3.35. The summed E-state index contributed by atoms with van der Waals surface area (Å²) in [6, 6.07) is 0. The second-order valence-corrected chi connectivity index (χ2v) is 2.22. The van der Waals surface area contributed by atoms with E-state index in [0.717, 1.165) is 0 Å². The summed E-state index contributed by atoms with van der Waals surface area (Å²) < 4.78 is 13.3. The van der Waals surface area contributed by atoms with Gasteiger partial charge in [0, 0.05) is 0 Å². The molecule has 0 bridgehead atoms. The summed E-state index contributed by atoms with van der Waals surface area (Å²) in [5.41, 5.74) is 0. The van der Waals surface area contributed by atoms with Gasteiger partial charge in [0.1, 0.15) is 0 Å². The van der Waals surface area contributed by atoms with Crippen LogP contribution in [0.1, 0.15) is 0 Å². The molecule has 6 heteroatoms. The minimum absolute atomic E-state index is 0.392. The number of rotatable bonds is 3. The summed E-state index contributed by atoms with van der Waals surface area (Å²) in [5, 5.41) is 7.93. The van der Waals surface area contributed by atoms with Crippen LogP contribution < -0.4 is 4.89 Å². The number of hydrogen-bond acceptors (Lipinski definition) is 4. The van der Waals surface area contributed by atoms with Crippen molar-refractivity contribution in [1.82, 2.24) is 0 Å². The van der Waals surface area contributed by atoms with Gasteiger partial charge in [-0.15, -0.1) is 0 Å². The lowest BCUT2D eigenvalue weighted by Crippen LogP contribution is -2.06. The van der Waals surface area contributed by atoms with Gasteiger partial charge >= 0.3 is 0 Å². The average molecular weight is 141 g/mol. The standard InChI is InChI=1S/C2H7O5P/c3-1-2-7-8(4,5)6/h3H,1-2H2,(H2,4,5,6)/p-1. The summed E-state index contributed by atoms with van der Waals surface area (Å²) >= 11 is 0. The first kappa shape index (κ1) is 8.07. The van der Waals surface area contributed by atoms with E-state index in [1.54, 1.807) is 0 Å². The molecule has 1 unspecified atom stereocenters. The van der Waals surface area contributed by atoms with Gasteiger partial charge in [0.15, 0.2) is 0 Å². The highest BCUT2D eigenvalue weighted by atomic mass is 31.2. The maximum absolute atomic E-state index is 9.64. The van der Waals surface area contributed by atoms with E-state index in [2.05, 4.69) is 4.52 Å². The van der Waals surface area contributed by atoms with E-state index in [-0.39, 0.29) is 0 Å². The molecule has 0 aliphatic rings. The fraction of sp³-hybridized carbons (Fsp3) is 1.00. The van der Waals surface area contributed by atoms with Crippen LogP contribution >= 0.6 is 7.82 Å². The predicted molar refractivity (Wildman–Crippen MR) is 22.9 cm³/mol. The van der Waals surface area contributed by atoms with Gasteiger partial charge in [0.05, 0.1) is 13.2 Å². The summed E-state index contributed by atoms with van der Waals surface area (Å²) in [4.78, 5) is 17.5. The maximum Gasteiger partial charge on any atom is 0.265 e. The fourth-order valence-corrected chi connectivity index (χ4v) is 0.469. The van der Waals surface area contributed by atoms with Crippen molar-refractivity contribution in [1.29, 1.82) is 0 Å². The van der Waals surface area contributed by atoms with Crippen molar-refractivity contribution in [2.45, 2.75) is 0 Å². The predicted octanol–water partition coefficient (Wildman–Crippen LogP) is -1.54. The van der Waals surface area contributed by atoms with Crippen molar-refractivity contribution >= 4 is 7.82 Å². The molecule has 0 heterocycles. The van der Waals surface area contributed by atoms with E-state index in [1.165, 1.54) is 0 Å². The quantitative estimate of drug-likeness (QED) is 0.464. The van der Waals surface area contributed by atoms with Gasteiger partial charge in [-0.05, 0) is 0 Å². The van der Waals surface area contributed by atoms with Gasteiger partial charge in [-0.3, -0.25) is 4.57 Å². The van der Waals surface area contributed by atoms with Crippen molar-refractivity contribution < 1.29 is 24.0 Å². The molecule has 0 fully saturated rings. The Balaban J connectivity index is 3.26. The van der Waals surface area contributed by atoms with E-state index >= 15 is 0 Å². The third-order valence-electron chi connectivity index (χ3n) is 0.346. The molecule has 0 aromatic rings. The van der Waals surface area contributed by atoms with E-state index in [1.807, 2.05) is 0 Å². The molecule has 0 aliphatic carbocycles. The highest BCUT2D eigenvalue weighted by Gasteiger charge is 1.97. The van der Waals surface area contributed by atoms with Crippen molar-refractivity contribution in [2.24, 2.45) is 0 Å². The number of phosphoric ester groups is 1. The minimum atomic E-state index is -4.59. The number of phosphoric acid groups is 1. The van der Waals surface area contributed by atoms with E-state index in [9.17, 15) is 9.46 Å².